The van der Waals surface area contributed by atoms with Crippen molar-refractivity contribution < 1.29 is 0 Å². The van der Waals surface area contributed by atoms with Gasteiger partial charge in [0.2, 0.25) is 0 Å². The number of nitrogens with zero attached hydrogens (tertiary/aromatic N) is 1. The normalized spacial score (nSPS) is 24.1. The first-order valence-electron chi connectivity index (χ1n) is 6.67. The molecule has 0 aromatic carbocycles. The molecule has 0 aliphatic carbocycles. The summed E-state index contributed by atoms with van der Waals surface area (Å²) in [6, 6.07) is 3.14. The van der Waals surface area contributed by atoms with Crippen molar-refractivity contribution in [1.29, 1.82) is 0 Å². The zero-order chi connectivity index (χ0) is 13.2. The van der Waals surface area contributed by atoms with Crippen molar-refractivity contribution in [3.8, 4) is 0 Å². The van der Waals surface area contributed by atoms with E-state index in [1.165, 1.54) is 21.2 Å². The fourth-order valence-electron chi connectivity index (χ4n) is 2.52. The van der Waals surface area contributed by atoms with Crippen LogP contribution in [0.3, 0.4) is 0 Å². The van der Waals surface area contributed by atoms with Gasteiger partial charge in [0, 0.05) is 22.9 Å². The maximum Gasteiger partial charge on any atom is 0.109 e. The molecule has 102 valence electrons. The molecule has 1 aliphatic rings. The van der Waals surface area contributed by atoms with Gasteiger partial charge in [0.15, 0.2) is 0 Å². The van der Waals surface area contributed by atoms with Crippen molar-refractivity contribution >= 4 is 34.4 Å². The van der Waals surface area contributed by atoms with Crippen LogP contribution in [0.4, 0.5) is 0 Å². The largest absolute Gasteiger partial charge is 0.301 e. The summed E-state index contributed by atoms with van der Waals surface area (Å²) in [6.45, 7) is 4.56. The summed E-state index contributed by atoms with van der Waals surface area (Å²) in [5, 5.41) is 10.0. The van der Waals surface area contributed by atoms with Crippen molar-refractivity contribution in [3.63, 3.8) is 0 Å². The molecule has 0 fully saturated rings. The van der Waals surface area contributed by atoms with Crippen molar-refractivity contribution in [3.05, 3.63) is 33.6 Å². The van der Waals surface area contributed by atoms with Gasteiger partial charge in [-0.2, -0.15) is 0 Å². The molecular formula is C14H18N2S3. The minimum absolute atomic E-state index is 0.382. The van der Waals surface area contributed by atoms with E-state index in [1.54, 1.807) is 11.3 Å². The van der Waals surface area contributed by atoms with E-state index in [1.807, 2.05) is 29.3 Å². The molecule has 2 aromatic rings. The number of nitrogens with one attached hydrogen (secondary N) is 1. The Morgan fingerprint density at radius 2 is 2.32 bits per heavy atom. The molecule has 2 aromatic heterocycles. The lowest BCUT2D eigenvalue weighted by Gasteiger charge is -2.30. The first-order chi connectivity index (χ1) is 9.28. The van der Waals surface area contributed by atoms with E-state index in [-0.39, 0.29) is 0 Å². The highest BCUT2D eigenvalue weighted by Crippen LogP contribution is 2.44. The second kappa shape index (κ2) is 5.95. The first-order valence-corrected chi connectivity index (χ1v) is 9.31. The molecule has 1 aliphatic heterocycles. The van der Waals surface area contributed by atoms with Gasteiger partial charge in [-0.1, -0.05) is 13.8 Å². The van der Waals surface area contributed by atoms with E-state index >= 15 is 0 Å². The molecule has 1 N–H and O–H groups in total. The minimum atomic E-state index is 0.382. The van der Waals surface area contributed by atoms with E-state index in [0.29, 0.717) is 17.3 Å². The number of thiophene rings is 1. The van der Waals surface area contributed by atoms with E-state index < -0.39 is 0 Å². The van der Waals surface area contributed by atoms with Crippen molar-refractivity contribution in [2.45, 2.75) is 48.2 Å². The molecule has 0 spiro atoms. The van der Waals surface area contributed by atoms with Gasteiger partial charge < -0.3 is 5.32 Å². The third kappa shape index (κ3) is 2.89. The lowest BCUT2D eigenvalue weighted by atomic mass is 10.0. The Labute approximate surface area is 126 Å². The molecule has 0 saturated heterocycles. The Bertz CT molecular complexity index is 521. The summed E-state index contributed by atoms with van der Waals surface area (Å²) in [6.07, 6.45) is 4.20. The number of aromatic nitrogens is 1. The number of hydrogen-bond acceptors (Lipinski definition) is 5. The highest BCUT2D eigenvalue weighted by Gasteiger charge is 2.28. The maximum atomic E-state index is 4.47. The summed E-state index contributed by atoms with van der Waals surface area (Å²) in [4.78, 5) is 4.47. The lowest BCUT2D eigenvalue weighted by Crippen LogP contribution is -2.29. The molecule has 3 heterocycles. The third-order valence-electron chi connectivity index (χ3n) is 3.47. The molecule has 0 bridgehead atoms. The van der Waals surface area contributed by atoms with Crippen LogP contribution in [0.15, 0.2) is 27.2 Å². The molecular weight excluding hydrogens is 292 g/mol. The van der Waals surface area contributed by atoms with Crippen molar-refractivity contribution in [2.75, 3.05) is 0 Å². The van der Waals surface area contributed by atoms with Crippen molar-refractivity contribution in [2.24, 2.45) is 0 Å². The summed E-state index contributed by atoms with van der Waals surface area (Å²) in [5.74, 6) is 0. The molecule has 0 saturated carbocycles. The van der Waals surface area contributed by atoms with Gasteiger partial charge in [-0.05, 0) is 29.9 Å². The first kappa shape index (κ1) is 13.6. The minimum Gasteiger partial charge on any atom is -0.301 e. The highest BCUT2D eigenvalue weighted by molar-refractivity contribution is 8.01. The summed E-state index contributed by atoms with van der Waals surface area (Å²) in [7, 11) is 0. The van der Waals surface area contributed by atoms with Crippen LogP contribution in [0.5, 0.6) is 0 Å². The van der Waals surface area contributed by atoms with E-state index in [4.69, 9.17) is 0 Å². The Hall–Kier alpha value is -0.360. The number of thioether (sulfide) groups is 1. The smallest absolute Gasteiger partial charge is 0.109 e. The molecule has 19 heavy (non-hydrogen) atoms. The third-order valence-corrected chi connectivity index (χ3v) is 6.70. The fraction of sp³-hybridized carbons (Fsp3) is 0.500. The molecule has 3 rings (SSSR count). The van der Waals surface area contributed by atoms with Gasteiger partial charge in [0.05, 0.1) is 10.3 Å². The number of hydrogen-bond donors (Lipinski definition) is 1. The van der Waals surface area contributed by atoms with Gasteiger partial charge in [0.25, 0.3) is 0 Å². The molecule has 2 unspecified atom stereocenters. The predicted octanol–water partition coefficient (Wildman–Crippen LogP) is 4.87. The van der Waals surface area contributed by atoms with Crippen LogP contribution < -0.4 is 5.32 Å². The average Bonchev–Trinajstić information content (AvgIpc) is 3.05. The SMILES string of the molecule is CCC(NC1C[C@H](C)Sc2sccc21)c1nccs1. The number of rotatable bonds is 4. The number of thiazole rings is 1. The second-order valence-electron chi connectivity index (χ2n) is 4.88. The Kier molecular flexibility index (Phi) is 4.27. The van der Waals surface area contributed by atoms with Gasteiger partial charge >= 0.3 is 0 Å². The quantitative estimate of drug-likeness (QED) is 0.872. The maximum absolute atomic E-state index is 4.47. The molecule has 0 radical (unpaired) electrons. The molecule has 2 nitrogen and oxygen atoms in total. The summed E-state index contributed by atoms with van der Waals surface area (Å²) < 4.78 is 1.49. The fourth-order valence-corrected chi connectivity index (χ4v) is 5.87. The zero-order valence-electron chi connectivity index (χ0n) is 11.1. The average molecular weight is 311 g/mol. The highest BCUT2D eigenvalue weighted by atomic mass is 32.2. The van der Waals surface area contributed by atoms with Gasteiger partial charge in [-0.25, -0.2) is 4.98 Å². The Morgan fingerprint density at radius 3 is 3.05 bits per heavy atom. The predicted molar refractivity (Wildman–Crippen MR) is 85.3 cm³/mol. The van der Waals surface area contributed by atoms with Crippen LogP contribution in [0.25, 0.3) is 0 Å². The van der Waals surface area contributed by atoms with Crippen LogP contribution in [0, 0.1) is 0 Å². The zero-order valence-corrected chi connectivity index (χ0v) is 13.6. The van der Waals surface area contributed by atoms with Gasteiger partial charge in [-0.15, -0.1) is 34.4 Å². The lowest BCUT2D eigenvalue weighted by molar-refractivity contribution is 0.408. The van der Waals surface area contributed by atoms with Crippen LogP contribution >= 0.6 is 34.4 Å². The van der Waals surface area contributed by atoms with Crippen LogP contribution in [0.2, 0.25) is 0 Å². The molecule has 3 atom stereocenters. The number of fused-ring (bicyclic) bond motifs is 1. The molecule has 5 heteroatoms. The van der Waals surface area contributed by atoms with E-state index in [0.717, 1.165) is 6.42 Å². The van der Waals surface area contributed by atoms with E-state index in [9.17, 15) is 0 Å². The van der Waals surface area contributed by atoms with Crippen molar-refractivity contribution in [1.82, 2.24) is 10.3 Å². The Balaban J connectivity index is 1.80. The monoisotopic (exact) mass is 310 g/mol. The van der Waals surface area contributed by atoms with Gasteiger partial charge in [-0.3, -0.25) is 0 Å². The molecule has 0 amide bonds. The topological polar surface area (TPSA) is 24.9 Å². The Morgan fingerprint density at radius 1 is 1.42 bits per heavy atom. The van der Waals surface area contributed by atoms with Crippen LogP contribution in [-0.4, -0.2) is 10.2 Å². The summed E-state index contributed by atoms with van der Waals surface area (Å²) in [5.41, 5.74) is 1.49. The standard InChI is InChI=1S/C14H18N2S3/c1-3-11(13-15-5-7-17-13)16-12-8-9(2)19-14-10(12)4-6-18-14/h4-7,9,11-12,16H,3,8H2,1-2H3/t9-,11?,12?/m0/s1. The summed E-state index contributed by atoms with van der Waals surface area (Å²) >= 11 is 5.65. The van der Waals surface area contributed by atoms with E-state index in [2.05, 4.69) is 41.0 Å². The van der Waals surface area contributed by atoms with Crippen LogP contribution in [-0.2, 0) is 0 Å². The van der Waals surface area contributed by atoms with Gasteiger partial charge in [0.1, 0.15) is 5.01 Å². The van der Waals surface area contributed by atoms with Crippen LogP contribution in [0.1, 0.15) is 49.3 Å². The second-order valence-corrected chi connectivity index (χ2v) is 8.43.